The second-order valence-corrected chi connectivity index (χ2v) is 4.88. The molecule has 0 fully saturated rings. The highest BCUT2D eigenvalue weighted by Crippen LogP contribution is 2.20. The van der Waals surface area contributed by atoms with E-state index in [4.69, 9.17) is 0 Å². The summed E-state index contributed by atoms with van der Waals surface area (Å²) >= 11 is 0. The Bertz CT molecular complexity index is 648. The molecule has 2 aromatic carbocycles. The fraction of sp³-hybridized carbons (Fsp3) is 0.176. The van der Waals surface area contributed by atoms with E-state index in [0.717, 1.165) is 5.56 Å². The van der Waals surface area contributed by atoms with Gasteiger partial charge in [0, 0.05) is 29.6 Å². The van der Waals surface area contributed by atoms with Gasteiger partial charge in [0.2, 0.25) is 0 Å². The predicted molar refractivity (Wildman–Crippen MR) is 87.5 cm³/mol. The fourth-order valence-corrected chi connectivity index (χ4v) is 1.85. The van der Waals surface area contributed by atoms with Crippen LogP contribution in [0.15, 0.2) is 46.4 Å². The lowest BCUT2D eigenvalue weighted by molar-refractivity contribution is 0.450. The summed E-state index contributed by atoms with van der Waals surface area (Å²) < 4.78 is 0. The molecule has 0 radical (unpaired) electrons. The Morgan fingerprint density at radius 1 is 0.818 bits per heavy atom. The van der Waals surface area contributed by atoms with Gasteiger partial charge in [-0.2, -0.15) is 0 Å². The van der Waals surface area contributed by atoms with Gasteiger partial charge in [0.05, 0.1) is 13.1 Å². The number of phenols is 3. The van der Waals surface area contributed by atoms with E-state index in [1.807, 2.05) is 19.1 Å². The molecular formula is C17H18N2O3. The number of aryl methyl sites for hydroxylation is 1. The number of nitrogens with zero attached hydrogens (tertiary/aromatic N) is 2. The molecule has 0 heterocycles. The standard InChI is InChI=1S/C17H18N2O3/c1-12-2-3-13(16(21)8-12)10-18-6-7-19-11-14-4-5-15(20)9-17(14)22/h2-5,8-11,20-22H,6-7H2,1H3. The van der Waals surface area contributed by atoms with E-state index < -0.39 is 0 Å². The number of benzene rings is 2. The van der Waals surface area contributed by atoms with Gasteiger partial charge in [0.25, 0.3) is 0 Å². The van der Waals surface area contributed by atoms with Crippen LogP contribution in [0.1, 0.15) is 16.7 Å². The van der Waals surface area contributed by atoms with Crippen molar-refractivity contribution in [2.75, 3.05) is 13.1 Å². The lowest BCUT2D eigenvalue weighted by Crippen LogP contribution is -1.91. The zero-order valence-electron chi connectivity index (χ0n) is 12.3. The van der Waals surface area contributed by atoms with Crippen molar-refractivity contribution in [2.45, 2.75) is 6.92 Å². The highest BCUT2D eigenvalue weighted by molar-refractivity contribution is 5.84. The minimum absolute atomic E-state index is 0.0113. The molecule has 0 spiro atoms. The minimum atomic E-state index is -0.0168. The molecule has 0 saturated heterocycles. The van der Waals surface area contributed by atoms with Crippen LogP contribution in [0, 0.1) is 6.92 Å². The second-order valence-electron chi connectivity index (χ2n) is 4.88. The Morgan fingerprint density at radius 3 is 1.91 bits per heavy atom. The van der Waals surface area contributed by atoms with E-state index in [1.165, 1.54) is 18.3 Å². The molecule has 0 aliphatic carbocycles. The van der Waals surface area contributed by atoms with Gasteiger partial charge in [-0.25, -0.2) is 0 Å². The van der Waals surface area contributed by atoms with Crippen LogP contribution >= 0.6 is 0 Å². The average molecular weight is 298 g/mol. The third-order valence-electron chi connectivity index (χ3n) is 3.02. The van der Waals surface area contributed by atoms with Crippen molar-refractivity contribution in [1.29, 1.82) is 0 Å². The predicted octanol–water partition coefficient (Wildman–Crippen LogP) is 2.65. The molecule has 3 N–H and O–H groups in total. The van der Waals surface area contributed by atoms with Gasteiger partial charge in [0.1, 0.15) is 17.2 Å². The number of hydrogen-bond acceptors (Lipinski definition) is 5. The summed E-state index contributed by atoms with van der Waals surface area (Å²) in [6, 6.07) is 9.74. The summed E-state index contributed by atoms with van der Waals surface area (Å²) in [4.78, 5) is 8.36. The van der Waals surface area contributed by atoms with Crippen molar-refractivity contribution in [3.8, 4) is 17.2 Å². The maximum absolute atomic E-state index is 9.73. The van der Waals surface area contributed by atoms with Crippen molar-refractivity contribution in [3.05, 3.63) is 53.1 Å². The molecule has 2 aromatic rings. The first kappa shape index (κ1) is 15.6. The Balaban J connectivity index is 1.86. The first-order valence-electron chi connectivity index (χ1n) is 6.87. The van der Waals surface area contributed by atoms with Gasteiger partial charge in [-0.15, -0.1) is 0 Å². The maximum Gasteiger partial charge on any atom is 0.128 e. The van der Waals surface area contributed by atoms with E-state index >= 15 is 0 Å². The Kier molecular flexibility index (Phi) is 5.14. The first-order chi connectivity index (χ1) is 10.6. The van der Waals surface area contributed by atoms with Crippen molar-refractivity contribution in [3.63, 3.8) is 0 Å². The number of aromatic hydroxyl groups is 3. The van der Waals surface area contributed by atoms with E-state index in [9.17, 15) is 15.3 Å². The topological polar surface area (TPSA) is 85.4 Å². The number of rotatable bonds is 5. The molecule has 0 unspecified atom stereocenters. The molecule has 2 rings (SSSR count). The molecule has 0 aromatic heterocycles. The number of phenolic OH excluding ortho intramolecular Hbond substituents is 3. The molecule has 0 atom stereocenters. The van der Waals surface area contributed by atoms with Gasteiger partial charge >= 0.3 is 0 Å². The molecular weight excluding hydrogens is 280 g/mol. The summed E-state index contributed by atoms with van der Waals surface area (Å²) in [7, 11) is 0. The van der Waals surface area contributed by atoms with Crippen LogP contribution in [-0.4, -0.2) is 40.8 Å². The van der Waals surface area contributed by atoms with Crippen LogP contribution in [0.5, 0.6) is 17.2 Å². The summed E-state index contributed by atoms with van der Waals surface area (Å²) in [6.45, 7) is 2.85. The van der Waals surface area contributed by atoms with E-state index in [2.05, 4.69) is 9.98 Å². The molecule has 0 aliphatic heterocycles. The number of hydrogen-bond donors (Lipinski definition) is 3. The molecule has 0 amide bonds. The van der Waals surface area contributed by atoms with E-state index in [0.29, 0.717) is 24.2 Å². The van der Waals surface area contributed by atoms with E-state index in [-0.39, 0.29) is 17.2 Å². The highest BCUT2D eigenvalue weighted by atomic mass is 16.3. The van der Waals surface area contributed by atoms with Crippen molar-refractivity contribution in [1.82, 2.24) is 0 Å². The molecule has 0 bridgehead atoms. The molecule has 114 valence electrons. The molecule has 0 saturated carbocycles. The zero-order valence-corrected chi connectivity index (χ0v) is 12.3. The second kappa shape index (κ2) is 7.26. The van der Waals surface area contributed by atoms with Crippen LogP contribution < -0.4 is 0 Å². The van der Waals surface area contributed by atoms with Crippen molar-refractivity contribution in [2.24, 2.45) is 9.98 Å². The summed E-state index contributed by atoms with van der Waals surface area (Å²) in [6.07, 6.45) is 3.15. The maximum atomic E-state index is 9.73. The van der Waals surface area contributed by atoms with Gasteiger partial charge in [-0.05, 0) is 36.8 Å². The zero-order chi connectivity index (χ0) is 15.9. The monoisotopic (exact) mass is 298 g/mol. The van der Waals surface area contributed by atoms with Crippen LogP contribution in [-0.2, 0) is 0 Å². The Hall–Kier alpha value is -2.82. The average Bonchev–Trinajstić information content (AvgIpc) is 2.46. The molecule has 5 heteroatoms. The van der Waals surface area contributed by atoms with Crippen LogP contribution in [0.2, 0.25) is 0 Å². The highest BCUT2D eigenvalue weighted by Gasteiger charge is 1.99. The smallest absolute Gasteiger partial charge is 0.128 e. The molecule has 0 aliphatic rings. The largest absolute Gasteiger partial charge is 0.508 e. The van der Waals surface area contributed by atoms with Crippen molar-refractivity contribution < 1.29 is 15.3 Å². The SMILES string of the molecule is Cc1ccc(C=NCCN=Cc2ccc(O)cc2O)c(O)c1. The molecule has 5 nitrogen and oxygen atoms in total. The lowest BCUT2D eigenvalue weighted by Gasteiger charge is -2.00. The van der Waals surface area contributed by atoms with Crippen LogP contribution in [0.4, 0.5) is 0 Å². The van der Waals surface area contributed by atoms with Gasteiger partial charge in [0.15, 0.2) is 0 Å². The molecule has 22 heavy (non-hydrogen) atoms. The summed E-state index contributed by atoms with van der Waals surface area (Å²) in [5, 5.41) is 28.5. The van der Waals surface area contributed by atoms with Crippen molar-refractivity contribution >= 4 is 12.4 Å². The van der Waals surface area contributed by atoms with Gasteiger partial charge in [-0.1, -0.05) is 6.07 Å². The minimum Gasteiger partial charge on any atom is -0.508 e. The third-order valence-corrected chi connectivity index (χ3v) is 3.02. The van der Waals surface area contributed by atoms with E-state index in [1.54, 1.807) is 18.3 Å². The van der Waals surface area contributed by atoms with Gasteiger partial charge < -0.3 is 15.3 Å². The Morgan fingerprint density at radius 2 is 1.36 bits per heavy atom. The summed E-state index contributed by atoms with van der Waals surface area (Å²) in [5.41, 5.74) is 2.21. The quantitative estimate of drug-likeness (QED) is 0.586. The first-order valence-corrected chi connectivity index (χ1v) is 6.87. The van der Waals surface area contributed by atoms with Crippen LogP contribution in [0.3, 0.4) is 0 Å². The van der Waals surface area contributed by atoms with Gasteiger partial charge in [-0.3, -0.25) is 9.98 Å². The summed E-state index contributed by atoms with van der Waals surface area (Å²) in [5.74, 6) is 0.204. The number of aliphatic imine (C=N–C) groups is 2. The lowest BCUT2D eigenvalue weighted by atomic mass is 10.1. The fourth-order valence-electron chi connectivity index (χ4n) is 1.85. The Labute approximate surface area is 128 Å². The van der Waals surface area contributed by atoms with Crippen LogP contribution in [0.25, 0.3) is 0 Å². The normalized spacial score (nSPS) is 11.5. The third kappa shape index (κ3) is 4.34.